The molecule has 4 nitrogen and oxygen atoms in total. The molecule has 0 bridgehead atoms. The van der Waals surface area contributed by atoms with Crippen molar-refractivity contribution in [1.29, 1.82) is 0 Å². The van der Waals surface area contributed by atoms with Crippen molar-refractivity contribution < 1.29 is 4.74 Å². The van der Waals surface area contributed by atoms with Crippen molar-refractivity contribution in [2.75, 3.05) is 13.1 Å². The molecule has 1 fully saturated rings. The van der Waals surface area contributed by atoms with Crippen molar-refractivity contribution in [3.8, 4) is 0 Å². The van der Waals surface area contributed by atoms with Gasteiger partial charge in [-0.1, -0.05) is 48.5 Å². The van der Waals surface area contributed by atoms with Gasteiger partial charge in [0.1, 0.15) is 0 Å². The Bertz CT molecular complexity index is 887. The van der Waals surface area contributed by atoms with E-state index in [2.05, 4.69) is 71.4 Å². The molecule has 0 amide bonds. The minimum Gasteiger partial charge on any atom is -0.373 e. The quantitative estimate of drug-likeness (QED) is 0.763. The molecule has 1 aliphatic rings. The van der Waals surface area contributed by atoms with Crippen LogP contribution in [0.15, 0.2) is 48.5 Å². The highest BCUT2D eigenvalue weighted by Crippen LogP contribution is 2.18. The van der Waals surface area contributed by atoms with Crippen LogP contribution in [0.5, 0.6) is 0 Å². The van der Waals surface area contributed by atoms with Crippen LogP contribution in [0.3, 0.4) is 0 Å². The fourth-order valence-electron chi connectivity index (χ4n) is 3.69. The monoisotopic (exact) mass is 347 g/mol. The summed E-state index contributed by atoms with van der Waals surface area (Å²) in [5, 5.41) is 8.61. The Hall–Kier alpha value is -2.43. The fourth-order valence-corrected chi connectivity index (χ4v) is 3.69. The molecule has 2 atom stereocenters. The number of ether oxygens (including phenoxy) is 1. The van der Waals surface area contributed by atoms with Crippen molar-refractivity contribution in [3.63, 3.8) is 0 Å². The van der Waals surface area contributed by atoms with Crippen molar-refractivity contribution in [2.24, 2.45) is 0 Å². The van der Waals surface area contributed by atoms with E-state index < -0.39 is 0 Å². The first-order valence-electron chi connectivity index (χ1n) is 9.25. The number of benzene rings is 2. The molecule has 4 heteroatoms. The lowest BCUT2D eigenvalue weighted by atomic mass is 10.1. The summed E-state index contributed by atoms with van der Waals surface area (Å²) in [6.07, 6.45) is 4.80. The van der Waals surface area contributed by atoms with Crippen LogP contribution >= 0.6 is 0 Å². The molecule has 0 saturated carbocycles. The zero-order valence-electron chi connectivity index (χ0n) is 15.4. The summed E-state index contributed by atoms with van der Waals surface area (Å²) in [6.45, 7) is 7.27. The Balaban J connectivity index is 1.43. The molecule has 2 aromatic carbocycles. The number of aromatic amines is 1. The second-order valence-corrected chi connectivity index (χ2v) is 7.18. The van der Waals surface area contributed by atoms with Crippen LogP contribution in [0.1, 0.15) is 30.7 Å². The third kappa shape index (κ3) is 3.87. The molecule has 2 unspecified atom stereocenters. The van der Waals surface area contributed by atoms with Gasteiger partial charge < -0.3 is 4.74 Å². The lowest BCUT2D eigenvalue weighted by Gasteiger charge is -2.35. The van der Waals surface area contributed by atoms with E-state index in [1.165, 1.54) is 11.1 Å². The summed E-state index contributed by atoms with van der Waals surface area (Å²) in [7, 11) is 0. The summed E-state index contributed by atoms with van der Waals surface area (Å²) in [5.41, 5.74) is 4.57. The number of H-pyrrole nitrogens is 1. The van der Waals surface area contributed by atoms with Gasteiger partial charge in [0.05, 0.1) is 23.4 Å². The zero-order chi connectivity index (χ0) is 17.9. The van der Waals surface area contributed by atoms with E-state index in [0.717, 1.165) is 36.2 Å². The standard InChI is InChI=1S/C22H25N3O/c1-16-13-25(14-17(2)26-16)15-19-9-7-18(8-10-19)11-12-22-20-5-3-4-6-21(20)23-24-22/h3-12,16-17H,13-15H2,1-2H3,(H,23,24)/b12-11+. The minimum atomic E-state index is 0.310. The Kier molecular flexibility index (Phi) is 4.87. The van der Waals surface area contributed by atoms with Gasteiger partial charge in [-0.25, -0.2) is 0 Å². The largest absolute Gasteiger partial charge is 0.373 e. The molecule has 0 radical (unpaired) electrons. The van der Waals surface area contributed by atoms with Gasteiger partial charge >= 0.3 is 0 Å². The molecule has 3 aromatic rings. The molecule has 134 valence electrons. The highest BCUT2D eigenvalue weighted by Gasteiger charge is 2.21. The summed E-state index contributed by atoms with van der Waals surface area (Å²) in [4.78, 5) is 2.47. The Morgan fingerprint density at radius 3 is 2.54 bits per heavy atom. The first kappa shape index (κ1) is 17.0. The molecule has 1 aliphatic heterocycles. The van der Waals surface area contributed by atoms with Crippen molar-refractivity contribution in [1.82, 2.24) is 15.1 Å². The Labute approximate surface area is 154 Å². The maximum Gasteiger partial charge on any atom is 0.0927 e. The number of morpholine rings is 1. The molecular formula is C22H25N3O. The second kappa shape index (κ2) is 7.44. The van der Waals surface area contributed by atoms with Gasteiger partial charge in [0.15, 0.2) is 0 Å². The van der Waals surface area contributed by atoms with Gasteiger partial charge in [-0.05, 0) is 37.1 Å². The van der Waals surface area contributed by atoms with E-state index in [1.54, 1.807) is 0 Å². The number of aromatic nitrogens is 2. The average Bonchev–Trinajstić information content (AvgIpc) is 3.03. The van der Waals surface area contributed by atoms with Gasteiger partial charge in [0.25, 0.3) is 0 Å². The van der Waals surface area contributed by atoms with E-state index in [0.29, 0.717) is 12.2 Å². The summed E-state index contributed by atoms with van der Waals surface area (Å²) in [6, 6.07) is 17.0. The normalized spacial score (nSPS) is 21.6. The van der Waals surface area contributed by atoms with Crippen LogP contribution in [0, 0.1) is 0 Å². The lowest BCUT2D eigenvalue weighted by Crippen LogP contribution is -2.44. The van der Waals surface area contributed by atoms with Crippen molar-refractivity contribution in [2.45, 2.75) is 32.6 Å². The van der Waals surface area contributed by atoms with Crippen LogP contribution < -0.4 is 0 Å². The first-order chi connectivity index (χ1) is 12.7. The van der Waals surface area contributed by atoms with E-state index in [-0.39, 0.29) is 0 Å². The Morgan fingerprint density at radius 2 is 1.77 bits per heavy atom. The number of nitrogens with zero attached hydrogens (tertiary/aromatic N) is 2. The van der Waals surface area contributed by atoms with E-state index in [9.17, 15) is 0 Å². The van der Waals surface area contributed by atoms with E-state index >= 15 is 0 Å². The summed E-state index contributed by atoms with van der Waals surface area (Å²) < 4.78 is 5.81. The SMILES string of the molecule is CC1CN(Cc2ccc(/C=C/c3n[nH]c4ccccc34)cc2)CC(C)O1. The van der Waals surface area contributed by atoms with Gasteiger partial charge in [-0.15, -0.1) is 0 Å². The molecule has 26 heavy (non-hydrogen) atoms. The number of para-hydroxylation sites is 1. The molecule has 1 aromatic heterocycles. The molecular weight excluding hydrogens is 322 g/mol. The third-order valence-corrected chi connectivity index (χ3v) is 4.81. The molecule has 4 rings (SSSR count). The van der Waals surface area contributed by atoms with Crippen molar-refractivity contribution >= 4 is 23.1 Å². The highest BCUT2D eigenvalue weighted by molar-refractivity contribution is 5.89. The Morgan fingerprint density at radius 1 is 1.04 bits per heavy atom. The van der Waals surface area contributed by atoms with Gasteiger partial charge in [0, 0.05) is 25.0 Å². The van der Waals surface area contributed by atoms with Gasteiger partial charge in [-0.2, -0.15) is 5.10 Å². The van der Waals surface area contributed by atoms with E-state index in [4.69, 9.17) is 4.74 Å². The van der Waals surface area contributed by atoms with Crippen molar-refractivity contribution in [3.05, 3.63) is 65.4 Å². The average molecular weight is 347 g/mol. The van der Waals surface area contributed by atoms with Gasteiger partial charge in [0.2, 0.25) is 0 Å². The first-order valence-corrected chi connectivity index (χ1v) is 9.25. The van der Waals surface area contributed by atoms with Crippen LogP contribution in [0.25, 0.3) is 23.1 Å². The lowest BCUT2D eigenvalue weighted by molar-refractivity contribution is -0.0704. The minimum absolute atomic E-state index is 0.310. The number of fused-ring (bicyclic) bond motifs is 1. The predicted molar refractivity (Wildman–Crippen MR) is 107 cm³/mol. The highest BCUT2D eigenvalue weighted by atomic mass is 16.5. The maximum absolute atomic E-state index is 5.81. The van der Waals surface area contributed by atoms with Crippen LogP contribution in [0.4, 0.5) is 0 Å². The molecule has 1 N–H and O–H groups in total. The molecule has 1 saturated heterocycles. The molecule has 0 aliphatic carbocycles. The maximum atomic E-state index is 5.81. The van der Waals surface area contributed by atoms with Gasteiger partial charge in [-0.3, -0.25) is 10.00 Å². The fraction of sp³-hybridized carbons (Fsp3) is 0.318. The van der Waals surface area contributed by atoms with E-state index in [1.807, 2.05) is 18.2 Å². The van der Waals surface area contributed by atoms with Crippen LogP contribution in [0.2, 0.25) is 0 Å². The number of hydrogen-bond acceptors (Lipinski definition) is 3. The smallest absolute Gasteiger partial charge is 0.0927 e. The number of hydrogen-bond donors (Lipinski definition) is 1. The molecule has 0 spiro atoms. The predicted octanol–water partition coefficient (Wildman–Crippen LogP) is 4.34. The number of nitrogens with one attached hydrogen (secondary N) is 1. The zero-order valence-corrected chi connectivity index (χ0v) is 15.4. The molecule has 2 heterocycles. The second-order valence-electron chi connectivity index (χ2n) is 7.18. The van der Waals surface area contributed by atoms with Crippen LogP contribution in [-0.4, -0.2) is 40.4 Å². The third-order valence-electron chi connectivity index (χ3n) is 4.81. The van der Waals surface area contributed by atoms with Crippen LogP contribution in [-0.2, 0) is 11.3 Å². The summed E-state index contributed by atoms with van der Waals surface area (Å²) in [5.74, 6) is 0. The number of rotatable bonds is 4. The topological polar surface area (TPSA) is 41.2 Å². The summed E-state index contributed by atoms with van der Waals surface area (Å²) >= 11 is 0.